The minimum absolute atomic E-state index is 0. The second-order valence-electron chi connectivity index (χ2n) is 5.85. The van der Waals surface area contributed by atoms with E-state index in [-0.39, 0.29) is 29.9 Å². The first-order valence-electron chi connectivity index (χ1n) is 7.81. The number of likely N-dealkylation sites (tertiary alicyclic amines) is 1. The quantitative estimate of drug-likeness (QED) is 0.760. The second-order valence-corrected chi connectivity index (χ2v) is 5.85. The molecule has 1 unspecified atom stereocenters. The van der Waals surface area contributed by atoms with Gasteiger partial charge in [0.1, 0.15) is 5.82 Å². The first-order chi connectivity index (χ1) is 10.7. The number of carbonyl (C=O) groups excluding carboxylic acids is 1. The van der Waals surface area contributed by atoms with Crippen molar-refractivity contribution in [2.75, 3.05) is 19.6 Å². The van der Waals surface area contributed by atoms with Gasteiger partial charge in [-0.1, -0.05) is 42.5 Å². The Morgan fingerprint density at radius 1 is 1.04 bits per heavy atom. The maximum atomic E-state index is 13.6. The van der Waals surface area contributed by atoms with Crippen molar-refractivity contribution in [3.63, 3.8) is 0 Å². The van der Waals surface area contributed by atoms with Crippen LogP contribution in [0.4, 0.5) is 4.39 Å². The highest BCUT2D eigenvalue weighted by Crippen LogP contribution is 2.24. The third-order valence-electron chi connectivity index (χ3n) is 4.27. The van der Waals surface area contributed by atoms with E-state index in [4.69, 9.17) is 0 Å². The summed E-state index contributed by atoms with van der Waals surface area (Å²) in [7, 11) is 0. The van der Waals surface area contributed by atoms with E-state index in [1.54, 1.807) is 6.07 Å². The topological polar surface area (TPSA) is 20.3 Å². The SMILES string of the molecule is Cl.O=C(c1ccccc1)C(CN1CCCC1)c1cccc(F)c1. The molecule has 122 valence electrons. The Morgan fingerprint density at radius 2 is 1.74 bits per heavy atom. The zero-order valence-corrected chi connectivity index (χ0v) is 13.8. The molecular weight excluding hydrogens is 313 g/mol. The van der Waals surface area contributed by atoms with Crippen LogP contribution in [0.3, 0.4) is 0 Å². The van der Waals surface area contributed by atoms with Gasteiger partial charge in [-0.2, -0.15) is 0 Å². The van der Waals surface area contributed by atoms with Crippen LogP contribution in [0.15, 0.2) is 54.6 Å². The van der Waals surface area contributed by atoms with Crippen molar-refractivity contribution in [1.82, 2.24) is 4.90 Å². The van der Waals surface area contributed by atoms with Gasteiger partial charge in [0, 0.05) is 12.1 Å². The summed E-state index contributed by atoms with van der Waals surface area (Å²) in [6.45, 7) is 2.71. The van der Waals surface area contributed by atoms with E-state index in [9.17, 15) is 9.18 Å². The molecule has 1 saturated heterocycles. The standard InChI is InChI=1S/C19H20FNO.ClH/c20-17-10-6-9-16(13-17)18(14-21-11-4-5-12-21)19(22)15-7-2-1-3-8-15;/h1-3,6-10,13,18H,4-5,11-12,14H2;1H. The highest BCUT2D eigenvalue weighted by Gasteiger charge is 2.26. The first-order valence-corrected chi connectivity index (χ1v) is 7.81. The molecule has 1 aliphatic heterocycles. The number of carbonyl (C=O) groups is 1. The van der Waals surface area contributed by atoms with Gasteiger partial charge in [-0.05, 0) is 43.6 Å². The van der Waals surface area contributed by atoms with Gasteiger partial charge in [-0.25, -0.2) is 4.39 Å². The summed E-state index contributed by atoms with van der Waals surface area (Å²) in [5.74, 6) is -0.529. The van der Waals surface area contributed by atoms with Crippen molar-refractivity contribution >= 4 is 18.2 Å². The molecule has 0 saturated carbocycles. The fourth-order valence-corrected chi connectivity index (χ4v) is 3.09. The van der Waals surface area contributed by atoms with Crippen LogP contribution < -0.4 is 0 Å². The Balaban J connectivity index is 0.00000192. The number of hydrogen-bond acceptors (Lipinski definition) is 2. The van der Waals surface area contributed by atoms with Crippen molar-refractivity contribution in [1.29, 1.82) is 0 Å². The number of nitrogens with zero attached hydrogens (tertiary/aromatic N) is 1. The first kappa shape index (κ1) is 17.6. The van der Waals surface area contributed by atoms with E-state index in [1.165, 1.54) is 25.0 Å². The molecule has 4 heteroatoms. The second kappa shape index (κ2) is 8.23. The summed E-state index contributed by atoms with van der Waals surface area (Å²) in [5, 5.41) is 0. The Kier molecular flexibility index (Phi) is 6.31. The molecule has 1 atom stereocenters. The number of benzene rings is 2. The number of hydrogen-bond donors (Lipinski definition) is 0. The third kappa shape index (κ3) is 4.40. The lowest BCUT2D eigenvalue weighted by atomic mass is 9.90. The highest BCUT2D eigenvalue weighted by molar-refractivity contribution is 6.01. The zero-order chi connectivity index (χ0) is 15.4. The van der Waals surface area contributed by atoms with Crippen molar-refractivity contribution in [3.8, 4) is 0 Å². The number of Topliss-reactive ketones (excluding diaryl/α,β-unsaturated/α-hetero) is 1. The average Bonchev–Trinajstić information content (AvgIpc) is 3.06. The summed E-state index contributed by atoms with van der Waals surface area (Å²) in [6.07, 6.45) is 2.35. The van der Waals surface area contributed by atoms with Crippen LogP contribution in [0.1, 0.15) is 34.7 Å². The minimum Gasteiger partial charge on any atom is -0.302 e. The molecule has 0 N–H and O–H groups in total. The molecule has 0 aliphatic carbocycles. The minimum atomic E-state index is -0.309. The van der Waals surface area contributed by atoms with Crippen LogP contribution in [0.25, 0.3) is 0 Å². The van der Waals surface area contributed by atoms with Crippen molar-refractivity contribution < 1.29 is 9.18 Å². The van der Waals surface area contributed by atoms with Crippen molar-refractivity contribution in [2.24, 2.45) is 0 Å². The van der Waals surface area contributed by atoms with Gasteiger partial charge >= 0.3 is 0 Å². The molecule has 0 bridgehead atoms. The van der Waals surface area contributed by atoms with E-state index < -0.39 is 0 Å². The van der Waals surface area contributed by atoms with Crippen LogP contribution in [0.2, 0.25) is 0 Å². The molecule has 0 aromatic heterocycles. The van der Waals surface area contributed by atoms with E-state index in [0.717, 1.165) is 18.7 Å². The van der Waals surface area contributed by atoms with Crippen LogP contribution in [0, 0.1) is 5.82 Å². The molecule has 1 heterocycles. The lowest BCUT2D eigenvalue weighted by Crippen LogP contribution is -2.30. The van der Waals surface area contributed by atoms with Gasteiger partial charge in [0.25, 0.3) is 0 Å². The lowest BCUT2D eigenvalue weighted by Gasteiger charge is -2.23. The van der Waals surface area contributed by atoms with Gasteiger partial charge < -0.3 is 4.90 Å². The largest absolute Gasteiger partial charge is 0.302 e. The molecule has 0 radical (unpaired) electrons. The average molecular weight is 334 g/mol. The normalized spacial score (nSPS) is 15.9. The summed E-state index contributed by atoms with van der Waals surface area (Å²) in [5.41, 5.74) is 1.46. The molecule has 2 nitrogen and oxygen atoms in total. The van der Waals surface area contributed by atoms with Gasteiger partial charge in [0.2, 0.25) is 0 Å². The van der Waals surface area contributed by atoms with E-state index >= 15 is 0 Å². The smallest absolute Gasteiger partial charge is 0.171 e. The fourth-order valence-electron chi connectivity index (χ4n) is 3.09. The molecule has 23 heavy (non-hydrogen) atoms. The molecule has 1 fully saturated rings. The van der Waals surface area contributed by atoms with Crippen LogP contribution in [0.5, 0.6) is 0 Å². The van der Waals surface area contributed by atoms with Gasteiger partial charge in [-0.15, -0.1) is 12.4 Å². The molecule has 0 spiro atoms. The fraction of sp³-hybridized carbons (Fsp3) is 0.316. The Bertz CT molecular complexity index is 641. The Morgan fingerprint density at radius 3 is 2.39 bits per heavy atom. The molecule has 0 amide bonds. The van der Waals surface area contributed by atoms with Crippen LogP contribution in [-0.2, 0) is 0 Å². The maximum absolute atomic E-state index is 13.6. The van der Waals surface area contributed by atoms with Crippen LogP contribution >= 0.6 is 12.4 Å². The molecule has 2 aromatic rings. The molecule has 2 aromatic carbocycles. The molecular formula is C19H21ClFNO. The summed E-state index contributed by atoms with van der Waals surface area (Å²) in [4.78, 5) is 15.2. The Labute approximate surface area is 142 Å². The maximum Gasteiger partial charge on any atom is 0.171 e. The summed E-state index contributed by atoms with van der Waals surface area (Å²) >= 11 is 0. The van der Waals surface area contributed by atoms with Gasteiger partial charge in [0.15, 0.2) is 5.78 Å². The Hall–Kier alpha value is -1.71. The van der Waals surface area contributed by atoms with Crippen molar-refractivity contribution in [2.45, 2.75) is 18.8 Å². The van der Waals surface area contributed by atoms with Crippen LogP contribution in [-0.4, -0.2) is 30.3 Å². The predicted octanol–water partition coefficient (Wildman–Crippen LogP) is 4.31. The monoisotopic (exact) mass is 333 g/mol. The van der Waals surface area contributed by atoms with Gasteiger partial charge in [0.05, 0.1) is 5.92 Å². The van der Waals surface area contributed by atoms with Crippen molar-refractivity contribution in [3.05, 3.63) is 71.5 Å². The molecule has 1 aliphatic rings. The van der Waals surface area contributed by atoms with E-state index in [0.29, 0.717) is 12.1 Å². The van der Waals surface area contributed by atoms with E-state index in [2.05, 4.69) is 4.90 Å². The number of rotatable bonds is 5. The van der Waals surface area contributed by atoms with Gasteiger partial charge in [-0.3, -0.25) is 4.79 Å². The number of ketones is 1. The lowest BCUT2D eigenvalue weighted by molar-refractivity contribution is 0.0939. The third-order valence-corrected chi connectivity index (χ3v) is 4.27. The van der Waals surface area contributed by atoms with E-state index in [1.807, 2.05) is 36.4 Å². The highest BCUT2D eigenvalue weighted by atomic mass is 35.5. The zero-order valence-electron chi connectivity index (χ0n) is 13.0. The number of halogens is 2. The predicted molar refractivity (Wildman–Crippen MR) is 92.8 cm³/mol. The summed E-state index contributed by atoms with van der Waals surface area (Å²) in [6, 6.07) is 15.7. The summed E-state index contributed by atoms with van der Waals surface area (Å²) < 4.78 is 13.6. The molecule has 3 rings (SSSR count).